The average Bonchev–Trinajstić information content (AvgIpc) is 2.97. The predicted octanol–water partition coefficient (Wildman–Crippen LogP) is 1.08. The molecule has 24 heavy (non-hydrogen) atoms. The fraction of sp³-hybridized carbons (Fsp3) is 0.625. The van der Waals surface area contributed by atoms with Crippen molar-refractivity contribution in [1.82, 2.24) is 30.0 Å². The fourth-order valence-corrected chi connectivity index (χ4v) is 3.17. The largest absolute Gasteiger partial charge is 0.368 e. The summed E-state index contributed by atoms with van der Waals surface area (Å²) >= 11 is 0. The molecule has 0 spiro atoms. The zero-order valence-corrected chi connectivity index (χ0v) is 14.7. The highest BCUT2D eigenvalue weighted by Crippen LogP contribution is 2.17. The summed E-state index contributed by atoms with van der Waals surface area (Å²) in [6.45, 7) is 6.00. The number of fused-ring (bicyclic) bond motifs is 1. The van der Waals surface area contributed by atoms with Crippen molar-refractivity contribution in [3.05, 3.63) is 12.5 Å². The monoisotopic (exact) mass is 330 g/mol. The number of hydrogen-bond donors (Lipinski definition) is 2. The van der Waals surface area contributed by atoms with E-state index in [2.05, 4.69) is 42.5 Å². The minimum Gasteiger partial charge on any atom is -0.368 e. The molecule has 0 bridgehead atoms. The van der Waals surface area contributed by atoms with E-state index in [1.165, 1.54) is 12.8 Å². The molecule has 0 aromatic carbocycles. The minimum atomic E-state index is 0.732. The summed E-state index contributed by atoms with van der Waals surface area (Å²) in [5.74, 6) is 2.53. The van der Waals surface area contributed by atoms with Crippen molar-refractivity contribution in [2.45, 2.75) is 19.8 Å². The molecule has 1 atom stereocenters. The minimum absolute atomic E-state index is 0.732. The lowest BCUT2D eigenvalue weighted by Crippen LogP contribution is -2.47. The topological polar surface area (TPSA) is 83.3 Å². The number of piperidine rings is 1. The molecule has 0 amide bonds. The molecule has 0 aliphatic carbocycles. The van der Waals surface area contributed by atoms with Crippen LogP contribution in [0.15, 0.2) is 17.5 Å². The normalized spacial score (nSPS) is 18.9. The lowest BCUT2D eigenvalue weighted by molar-refractivity contribution is 0.266. The summed E-state index contributed by atoms with van der Waals surface area (Å²) in [5.41, 5.74) is 0.832. The first-order valence-corrected chi connectivity index (χ1v) is 8.51. The number of likely N-dealkylation sites (tertiary alicyclic amines) is 1. The van der Waals surface area contributed by atoms with Gasteiger partial charge in [0.1, 0.15) is 12.1 Å². The zero-order chi connectivity index (χ0) is 16.9. The molecular weight excluding hydrogens is 304 g/mol. The SMILES string of the molecule is CN=C(NCCNc1ncnc2c1cnn2C)N1CCCC(C)C1. The molecule has 2 aromatic rings. The van der Waals surface area contributed by atoms with Crippen molar-refractivity contribution in [1.29, 1.82) is 0 Å². The van der Waals surface area contributed by atoms with Crippen molar-refractivity contribution in [2.75, 3.05) is 38.5 Å². The number of rotatable bonds is 4. The third-order valence-corrected chi connectivity index (χ3v) is 4.40. The highest BCUT2D eigenvalue weighted by molar-refractivity contribution is 5.86. The average molecular weight is 330 g/mol. The molecule has 1 saturated heterocycles. The van der Waals surface area contributed by atoms with Crippen LogP contribution < -0.4 is 10.6 Å². The third-order valence-electron chi connectivity index (χ3n) is 4.40. The number of nitrogens with zero attached hydrogens (tertiary/aromatic N) is 6. The van der Waals surface area contributed by atoms with Crippen LogP contribution in [-0.4, -0.2) is 63.8 Å². The quantitative estimate of drug-likeness (QED) is 0.496. The standard InChI is InChI=1S/C16H26N8/c1-12-5-4-8-24(10-12)16(17-2)19-7-6-18-14-13-9-22-23(3)15(13)21-11-20-14/h9,11-12H,4-8,10H2,1-3H3,(H,17,19)(H,18,20,21). The molecule has 8 nitrogen and oxygen atoms in total. The van der Waals surface area contributed by atoms with Crippen LogP contribution in [0.2, 0.25) is 0 Å². The summed E-state index contributed by atoms with van der Waals surface area (Å²) in [6, 6.07) is 0. The van der Waals surface area contributed by atoms with Crippen molar-refractivity contribution < 1.29 is 0 Å². The van der Waals surface area contributed by atoms with Gasteiger partial charge in [0.25, 0.3) is 0 Å². The molecule has 0 saturated carbocycles. The van der Waals surface area contributed by atoms with Gasteiger partial charge in [-0.3, -0.25) is 9.67 Å². The second-order valence-electron chi connectivity index (χ2n) is 6.32. The van der Waals surface area contributed by atoms with E-state index in [1.807, 2.05) is 14.1 Å². The van der Waals surface area contributed by atoms with Crippen molar-refractivity contribution in [2.24, 2.45) is 18.0 Å². The van der Waals surface area contributed by atoms with E-state index in [-0.39, 0.29) is 0 Å². The number of hydrogen-bond acceptors (Lipinski definition) is 5. The Bertz CT molecular complexity index is 707. The second-order valence-corrected chi connectivity index (χ2v) is 6.32. The molecular formula is C16H26N8. The van der Waals surface area contributed by atoms with Gasteiger partial charge in [0.05, 0.1) is 11.6 Å². The molecule has 1 fully saturated rings. The summed E-state index contributed by atoms with van der Waals surface area (Å²) < 4.78 is 1.75. The van der Waals surface area contributed by atoms with E-state index in [1.54, 1.807) is 17.2 Å². The van der Waals surface area contributed by atoms with Gasteiger partial charge in [-0.15, -0.1) is 0 Å². The van der Waals surface area contributed by atoms with Gasteiger partial charge in [-0.1, -0.05) is 6.92 Å². The van der Waals surface area contributed by atoms with E-state index in [9.17, 15) is 0 Å². The Morgan fingerprint density at radius 1 is 1.38 bits per heavy atom. The van der Waals surface area contributed by atoms with Gasteiger partial charge >= 0.3 is 0 Å². The number of aryl methyl sites for hydroxylation is 1. The van der Waals surface area contributed by atoms with Crippen LogP contribution >= 0.6 is 0 Å². The maximum atomic E-state index is 4.41. The highest BCUT2D eigenvalue weighted by atomic mass is 15.3. The van der Waals surface area contributed by atoms with Crippen molar-refractivity contribution in [3.63, 3.8) is 0 Å². The second kappa shape index (κ2) is 7.46. The van der Waals surface area contributed by atoms with Crippen LogP contribution in [0.1, 0.15) is 19.8 Å². The van der Waals surface area contributed by atoms with Crippen molar-refractivity contribution >= 4 is 22.8 Å². The number of aromatic nitrogens is 4. The van der Waals surface area contributed by atoms with Gasteiger partial charge in [-0.2, -0.15) is 5.10 Å². The molecule has 2 aromatic heterocycles. The number of nitrogens with one attached hydrogen (secondary N) is 2. The van der Waals surface area contributed by atoms with Crippen LogP contribution in [0.25, 0.3) is 11.0 Å². The smallest absolute Gasteiger partial charge is 0.193 e. The molecule has 1 aliphatic heterocycles. The van der Waals surface area contributed by atoms with Gasteiger partial charge in [0.15, 0.2) is 11.6 Å². The summed E-state index contributed by atoms with van der Waals surface area (Å²) in [4.78, 5) is 15.3. The predicted molar refractivity (Wildman–Crippen MR) is 96.1 cm³/mol. The number of guanidine groups is 1. The van der Waals surface area contributed by atoms with Crippen LogP contribution in [0, 0.1) is 5.92 Å². The Morgan fingerprint density at radius 3 is 3.04 bits per heavy atom. The molecule has 3 rings (SSSR count). The van der Waals surface area contributed by atoms with E-state index >= 15 is 0 Å². The maximum absolute atomic E-state index is 4.41. The first kappa shape index (κ1) is 16.5. The van der Waals surface area contributed by atoms with Crippen molar-refractivity contribution in [3.8, 4) is 0 Å². The lowest BCUT2D eigenvalue weighted by Gasteiger charge is -2.33. The summed E-state index contributed by atoms with van der Waals surface area (Å²) in [6.07, 6.45) is 5.90. The number of anilines is 1. The maximum Gasteiger partial charge on any atom is 0.193 e. The van der Waals surface area contributed by atoms with Gasteiger partial charge in [0.2, 0.25) is 0 Å². The first-order chi connectivity index (χ1) is 11.7. The summed E-state index contributed by atoms with van der Waals surface area (Å²) in [5, 5.41) is 12.0. The van der Waals surface area contributed by atoms with Crippen LogP contribution in [0.3, 0.4) is 0 Å². The van der Waals surface area contributed by atoms with Gasteiger partial charge in [-0.05, 0) is 18.8 Å². The van der Waals surface area contributed by atoms with Gasteiger partial charge < -0.3 is 15.5 Å². The third kappa shape index (κ3) is 3.58. The molecule has 1 unspecified atom stereocenters. The first-order valence-electron chi connectivity index (χ1n) is 8.51. The molecule has 3 heterocycles. The van der Waals surface area contributed by atoms with E-state index in [0.717, 1.165) is 54.9 Å². The molecule has 8 heteroatoms. The molecule has 1 aliphatic rings. The molecule has 130 valence electrons. The molecule has 0 radical (unpaired) electrons. The van der Waals surface area contributed by atoms with Gasteiger partial charge in [0, 0.05) is 40.3 Å². The Morgan fingerprint density at radius 2 is 2.25 bits per heavy atom. The summed E-state index contributed by atoms with van der Waals surface area (Å²) in [7, 11) is 3.73. The van der Waals surface area contributed by atoms with Crippen LogP contribution in [0.4, 0.5) is 5.82 Å². The van der Waals surface area contributed by atoms with Gasteiger partial charge in [-0.25, -0.2) is 9.97 Å². The van der Waals surface area contributed by atoms with Crippen LogP contribution in [0.5, 0.6) is 0 Å². The highest BCUT2D eigenvalue weighted by Gasteiger charge is 2.18. The van der Waals surface area contributed by atoms with Crippen LogP contribution in [-0.2, 0) is 7.05 Å². The lowest BCUT2D eigenvalue weighted by atomic mass is 10.0. The molecule has 2 N–H and O–H groups in total. The number of aliphatic imine (C=N–C) groups is 1. The Labute approximate surface area is 142 Å². The Hall–Kier alpha value is -2.38. The fourth-order valence-electron chi connectivity index (χ4n) is 3.17. The van der Waals surface area contributed by atoms with E-state index in [4.69, 9.17) is 0 Å². The Balaban J connectivity index is 1.52. The zero-order valence-electron chi connectivity index (χ0n) is 14.7. The van der Waals surface area contributed by atoms with E-state index in [0.29, 0.717) is 0 Å². The Kier molecular flexibility index (Phi) is 5.12. The van der Waals surface area contributed by atoms with E-state index < -0.39 is 0 Å².